The molecule has 1 atom stereocenters. The molecular weight excluding hydrogens is 184 g/mol. The Labute approximate surface area is 86.3 Å². The maximum Gasteiger partial charge on any atom is 0.202 e. The Balaban J connectivity index is 4.41. The predicted octanol–water partition coefficient (Wildman–Crippen LogP) is 2.38. The molecule has 0 saturated carbocycles. The van der Waals surface area contributed by atoms with Gasteiger partial charge in [-0.2, -0.15) is 0 Å². The van der Waals surface area contributed by atoms with Crippen molar-refractivity contribution in [1.82, 2.24) is 4.72 Å². The molecule has 0 aromatic rings. The molecule has 0 aromatic carbocycles. The quantitative estimate of drug-likeness (QED) is 0.375. The first-order chi connectivity index (χ1) is 5.75. The van der Waals surface area contributed by atoms with E-state index in [1.54, 1.807) is 0 Å². The second kappa shape index (κ2) is 4.33. The maximum atomic E-state index is 7.76. The highest BCUT2D eigenvalue weighted by atomic mass is 32.1. The summed E-state index contributed by atoms with van der Waals surface area (Å²) in [6.07, 6.45) is 0.769. The van der Waals surface area contributed by atoms with Crippen molar-refractivity contribution < 1.29 is 4.74 Å². The predicted molar refractivity (Wildman–Crippen MR) is 59.4 cm³/mol. The summed E-state index contributed by atoms with van der Waals surface area (Å²) in [6, 6.07) is 0. The summed E-state index contributed by atoms with van der Waals surface area (Å²) in [4.78, 5) is 0. The molecule has 0 radical (unpaired) electrons. The third-order valence-corrected chi connectivity index (χ3v) is 2.36. The lowest BCUT2D eigenvalue weighted by Gasteiger charge is -2.32. The SMILES string of the molecule is CCC(C)(NS)C(=N)OC(C)(C)C. The van der Waals surface area contributed by atoms with E-state index in [1.165, 1.54) is 0 Å². The fourth-order valence-corrected chi connectivity index (χ4v) is 0.969. The Kier molecular flexibility index (Phi) is 4.26. The topological polar surface area (TPSA) is 45.1 Å². The molecule has 0 aromatic heterocycles. The Morgan fingerprint density at radius 2 is 1.85 bits per heavy atom. The molecule has 0 spiro atoms. The zero-order chi connectivity index (χ0) is 10.7. The number of ether oxygens (including phenoxy) is 1. The molecule has 3 nitrogen and oxygen atoms in total. The van der Waals surface area contributed by atoms with Gasteiger partial charge in [-0.3, -0.25) is 10.1 Å². The standard InChI is InChI=1S/C9H20N2OS/c1-6-9(5,11-13)7(10)12-8(2,3)4/h10-11,13H,6H2,1-5H3. The van der Waals surface area contributed by atoms with Gasteiger partial charge in [0.05, 0.1) is 5.54 Å². The van der Waals surface area contributed by atoms with Crippen molar-refractivity contribution in [3.8, 4) is 0 Å². The number of thiol groups is 1. The van der Waals surface area contributed by atoms with Crippen LogP contribution in [0.25, 0.3) is 0 Å². The molecule has 2 N–H and O–H groups in total. The molecule has 0 saturated heterocycles. The highest BCUT2D eigenvalue weighted by Crippen LogP contribution is 2.17. The molecule has 1 unspecified atom stereocenters. The van der Waals surface area contributed by atoms with Gasteiger partial charge in [0.25, 0.3) is 0 Å². The highest BCUT2D eigenvalue weighted by Gasteiger charge is 2.30. The van der Waals surface area contributed by atoms with Crippen LogP contribution in [0.5, 0.6) is 0 Å². The zero-order valence-electron chi connectivity index (χ0n) is 9.06. The van der Waals surface area contributed by atoms with Gasteiger partial charge >= 0.3 is 0 Å². The lowest BCUT2D eigenvalue weighted by atomic mass is 10.00. The van der Waals surface area contributed by atoms with Crippen molar-refractivity contribution in [1.29, 1.82) is 5.41 Å². The van der Waals surface area contributed by atoms with Crippen LogP contribution >= 0.6 is 12.8 Å². The van der Waals surface area contributed by atoms with Crippen LogP contribution in [-0.2, 0) is 4.74 Å². The van der Waals surface area contributed by atoms with Crippen LogP contribution in [0, 0.1) is 5.41 Å². The Morgan fingerprint density at radius 1 is 1.38 bits per heavy atom. The van der Waals surface area contributed by atoms with E-state index >= 15 is 0 Å². The molecule has 78 valence electrons. The second-order valence-corrected chi connectivity index (χ2v) is 4.56. The summed E-state index contributed by atoms with van der Waals surface area (Å²) in [5.41, 5.74) is -0.797. The fourth-order valence-electron chi connectivity index (χ4n) is 0.709. The van der Waals surface area contributed by atoms with Gasteiger partial charge < -0.3 is 4.74 Å². The van der Waals surface area contributed by atoms with Gasteiger partial charge in [0.2, 0.25) is 5.90 Å². The smallest absolute Gasteiger partial charge is 0.202 e. The van der Waals surface area contributed by atoms with Crippen LogP contribution in [0.4, 0.5) is 0 Å². The molecule has 4 heteroatoms. The zero-order valence-corrected chi connectivity index (χ0v) is 9.96. The average molecular weight is 204 g/mol. The van der Waals surface area contributed by atoms with Crippen molar-refractivity contribution in [3.05, 3.63) is 0 Å². The second-order valence-electron chi connectivity index (χ2n) is 4.34. The minimum atomic E-state index is -0.476. The summed E-state index contributed by atoms with van der Waals surface area (Å²) in [7, 11) is 0. The van der Waals surface area contributed by atoms with Crippen molar-refractivity contribution in [2.45, 2.75) is 52.2 Å². The number of rotatable bonds is 3. The summed E-state index contributed by atoms with van der Waals surface area (Å²) >= 11 is 4.00. The normalized spacial score (nSPS) is 16.5. The number of nitrogens with one attached hydrogen (secondary N) is 2. The van der Waals surface area contributed by atoms with E-state index in [0.717, 1.165) is 6.42 Å². The van der Waals surface area contributed by atoms with Crippen LogP contribution < -0.4 is 4.72 Å². The van der Waals surface area contributed by atoms with Gasteiger partial charge in [-0.25, -0.2) is 0 Å². The van der Waals surface area contributed by atoms with Crippen molar-refractivity contribution in [2.24, 2.45) is 0 Å². The molecule has 0 heterocycles. The third-order valence-electron chi connectivity index (χ3n) is 1.86. The van der Waals surface area contributed by atoms with Gasteiger partial charge in [-0.05, 0) is 34.1 Å². The van der Waals surface area contributed by atoms with Crippen LogP contribution in [0.1, 0.15) is 41.0 Å². The van der Waals surface area contributed by atoms with E-state index in [-0.39, 0.29) is 11.5 Å². The third kappa shape index (κ3) is 4.00. The first-order valence-corrected chi connectivity index (χ1v) is 4.89. The summed E-state index contributed by atoms with van der Waals surface area (Å²) < 4.78 is 8.25. The minimum Gasteiger partial charge on any atom is -0.474 e. The first kappa shape index (κ1) is 12.8. The Bertz CT molecular complexity index is 183. The van der Waals surface area contributed by atoms with Crippen molar-refractivity contribution >= 4 is 18.7 Å². The van der Waals surface area contributed by atoms with E-state index in [4.69, 9.17) is 10.1 Å². The molecule has 0 bridgehead atoms. The van der Waals surface area contributed by atoms with Crippen LogP contribution in [0.3, 0.4) is 0 Å². The fraction of sp³-hybridized carbons (Fsp3) is 0.889. The van der Waals surface area contributed by atoms with Crippen LogP contribution in [0.15, 0.2) is 0 Å². The van der Waals surface area contributed by atoms with Gasteiger partial charge in [-0.15, -0.1) is 0 Å². The van der Waals surface area contributed by atoms with E-state index in [1.807, 2.05) is 34.6 Å². The van der Waals surface area contributed by atoms with E-state index in [9.17, 15) is 0 Å². The van der Waals surface area contributed by atoms with E-state index in [2.05, 4.69) is 17.5 Å². The summed E-state index contributed by atoms with van der Waals surface area (Å²) in [5.74, 6) is 0.234. The average Bonchev–Trinajstić information content (AvgIpc) is 2.00. The monoisotopic (exact) mass is 204 g/mol. The molecule has 0 amide bonds. The van der Waals surface area contributed by atoms with Gasteiger partial charge in [-0.1, -0.05) is 19.7 Å². The molecule has 0 fully saturated rings. The molecule has 0 aliphatic heterocycles. The van der Waals surface area contributed by atoms with Crippen molar-refractivity contribution in [3.63, 3.8) is 0 Å². The summed E-state index contributed by atoms with van der Waals surface area (Å²) in [5, 5.41) is 7.76. The Hall–Kier alpha value is -0.220. The molecule has 13 heavy (non-hydrogen) atoms. The van der Waals surface area contributed by atoms with Crippen LogP contribution in [0.2, 0.25) is 0 Å². The van der Waals surface area contributed by atoms with Crippen molar-refractivity contribution in [2.75, 3.05) is 0 Å². The van der Waals surface area contributed by atoms with E-state index < -0.39 is 5.54 Å². The van der Waals surface area contributed by atoms with Gasteiger partial charge in [0.1, 0.15) is 5.60 Å². The summed E-state index contributed by atoms with van der Waals surface area (Å²) in [6.45, 7) is 9.67. The van der Waals surface area contributed by atoms with Gasteiger partial charge in [0.15, 0.2) is 0 Å². The molecule has 0 aliphatic rings. The first-order valence-electron chi connectivity index (χ1n) is 4.44. The maximum absolute atomic E-state index is 7.76. The highest BCUT2D eigenvalue weighted by molar-refractivity contribution is 7.78. The number of hydrogen-bond acceptors (Lipinski definition) is 4. The van der Waals surface area contributed by atoms with Gasteiger partial charge in [0, 0.05) is 0 Å². The number of hydrogen-bond donors (Lipinski definition) is 3. The van der Waals surface area contributed by atoms with Crippen LogP contribution in [-0.4, -0.2) is 17.0 Å². The lowest BCUT2D eigenvalue weighted by Crippen LogP contribution is -2.47. The van der Waals surface area contributed by atoms with E-state index in [0.29, 0.717) is 0 Å². The lowest BCUT2D eigenvalue weighted by molar-refractivity contribution is 0.0995. The largest absolute Gasteiger partial charge is 0.474 e. The minimum absolute atomic E-state index is 0.234. The molecule has 0 aliphatic carbocycles. The molecular formula is C9H20N2OS. The Morgan fingerprint density at radius 3 is 2.08 bits per heavy atom. The molecule has 0 rings (SSSR count).